The van der Waals surface area contributed by atoms with Crippen LogP contribution in [0.1, 0.15) is 11.1 Å². The van der Waals surface area contributed by atoms with Crippen LogP contribution >= 0.6 is 15.9 Å². The van der Waals surface area contributed by atoms with Crippen LogP contribution in [0, 0.1) is 6.92 Å². The minimum atomic E-state index is 0.754. The summed E-state index contributed by atoms with van der Waals surface area (Å²) in [6, 6.07) is 6.36. The fourth-order valence-corrected chi connectivity index (χ4v) is 1.66. The Hall–Kier alpha value is -0.640. The zero-order valence-electron chi connectivity index (χ0n) is 9.79. The number of rotatable bonds is 6. The van der Waals surface area contributed by atoms with Crippen molar-refractivity contribution in [1.29, 1.82) is 0 Å². The van der Waals surface area contributed by atoms with E-state index in [9.17, 15) is 0 Å². The Morgan fingerprint density at radius 2 is 2.25 bits per heavy atom. The van der Waals surface area contributed by atoms with Crippen molar-refractivity contribution < 1.29 is 4.74 Å². The summed E-state index contributed by atoms with van der Waals surface area (Å²) in [6.07, 6.45) is 4.23. The van der Waals surface area contributed by atoms with E-state index >= 15 is 0 Å². The van der Waals surface area contributed by atoms with Crippen molar-refractivity contribution in [3.8, 4) is 0 Å². The van der Waals surface area contributed by atoms with E-state index in [1.165, 1.54) is 11.1 Å². The highest BCUT2D eigenvalue weighted by atomic mass is 79.9. The molecule has 0 spiro atoms. The molecule has 2 nitrogen and oxygen atoms in total. The standard InChI is InChI=1S/C13H18BrNO/c1-11-5-6-12(10-13(11)14)4-3-7-15-8-9-16-2/h3-6,10,15H,7-9H2,1-2H3/b4-3+. The topological polar surface area (TPSA) is 21.3 Å². The number of hydrogen-bond acceptors (Lipinski definition) is 2. The molecule has 0 bridgehead atoms. The van der Waals surface area contributed by atoms with Crippen LogP contribution in [0.15, 0.2) is 28.7 Å². The third-order valence-corrected chi connectivity index (χ3v) is 3.11. The second-order valence-corrected chi connectivity index (χ2v) is 4.46. The predicted octanol–water partition coefficient (Wildman–Crippen LogP) is 3.01. The van der Waals surface area contributed by atoms with Crippen LogP contribution in [0.2, 0.25) is 0 Å². The van der Waals surface area contributed by atoms with Crippen LogP contribution in [0.3, 0.4) is 0 Å². The molecule has 0 heterocycles. The molecule has 0 unspecified atom stereocenters. The molecule has 0 aliphatic heterocycles. The number of nitrogens with one attached hydrogen (secondary N) is 1. The first-order valence-corrected chi connectivity index (χ1v) is 6.15. The van der Waals surface area contributed by atoms with Gasteiger partial charge in [-0.05, 0) is 24.1 Å². The Balaban J connectivity index is 2.35. The largest absolute Gasteiger partial charge is 0.383 e. The molecule has 0 saturated carbocycles. The molecule has 1 rings (SSSR count). The van der Waals surface area contributed by atoms with E-state index < -0.39 is 0 Å². The Labute approximate surface area is 106 Å². The summed E-state index contributed by atoms with van der Waals surface area (Å²) in [4.78, 5) is 0. The van der Waals surface area contributed by atoms with E-state index in [2.05, 4.69) is 58.5 Å². The maximum atomic E-state index is 4.94. The van der Waals surface area contributed by atoms with Crippen LogP contribution < -0.4 is 5.32 Å². The monoisotopic (exact) mass is 283 g/mol. The van der Waals surface area contributed by atoms with Crippen molar-refractivity contribution >= 4 is 22.0 Å². The van der Waals surface area contributed by atoms with Crippen LogP contribution in [0.4, 0.5) is 0 Å². The van der Waals surface area contributed by atoms with Gasteiger partial charge in [-0.25, -0.2) is 0 Å². The smallest absolute Gasteiger partial charge is 0.0587 e. The van der Waals surface area contributed by atoms with Gasteiger partial charge in [0.15, 0.2) is 0 Å². The number of methoxy groups -OCH3 is 1. The van der Waals surface area contributed by atoms with E-state index in [1.807, 2.05) is 0 Å². The molecule has 0 aromatic heterocycles. The van der Waals surface area contributed by atoms with Crippen molar-refractivity contribution in [3.63, 3.8) is 0 Å². The quantitative estimate of drug-likeness (QED) is 0.811. The zero-order chi connectivity index (χ0) is 11.8. The first-order valence-electron chi connectivity index (χ1n) is 5.36. The molecule has 1 N–H and O–H groups in total. The number of halogens is 1. The highest BCUT2D eigenvalue weighted by Crippen LogP contribution is 2.18. The van der Waals surface area contributed by atoms with Crippen molar-refractivity contribution in [2.24, 2.45) is 0 Å². The second-order valence-electron chi connectivity index (χ2n) is 3.61. The van der Waals surface area contributed by atoms with E-state index in [4.69, 9.17) is 4.74 Å². The molecule has 1 aromatic carbocycles. The van der Waals surface area contributed by atoms with Gasteiger partial charge in [0.05, 0.1) is 6.61 Å². The maximum Gasteiger partial charge on any atom is 0.0587 e. The number of hydrogen-bond donors (Lipinski definition) is 1. The number of aryl methyl sites for hydroxylation is 1. The lowest BCUT2D eigenvalue weighted by Gasteiger charge is -2.01. The van der Waals surface area contributed by atoms with Gasteiger partial charge in [-0.15, -0.1) is 0 Å². The normalized spacial score (nSPS) is 11.2. The fraction of sp³-hybridized carbons (Fsp3) is 0.385. The van der Waals surface area contributed by atoms with Gasteiger partial charge in [0.25, 0.3) is 0 Å². The van der Waals surface area contributed by atoms with Gasteiger partial charge in [-0.1, -0.05) is 40.2 Å². The zero-order valence-corrected chi connectivity index (χ0v) is 11.4. The first-order chi connectivity index (χ1) is 7.74. The average Bonchev–Trinajstić information content (AvgIpc) is 2.28. The van der Waals surface area contributed by atoms with Crippen LogP contribution in [0.25, 0.3) is 6.08 Å². The SMILES string of the molecule is COCCNC/C=C/c1ccc(C)c(Br)c1. The molecular formula is C13H18BrNO. The molecule has 16 heavy (non-hydrogen) atoms. The molecule has 88 valence electrons. The van der Waals surface area contributed by atoms with Crippen molar-refractivity contribution in [3.05, 3.63) is 39.9 Å². The lowest BCUT2D eigenvalue weighted by Crippen LogP contribution is -2.18. The average molecular weight is 284 g/mol. The molecule has 0 amide bonds. The molecule has 0 atom stereocenters. The fourth-order valence-electron chi connectivity index (χ4n) is 1.27. The molecule has 0 aliphatic carbocycles. The van der Waals surface area contributed by atoms with E-state index in [0.29, 0.717) is 0 Å². The summed E-state index contributed by atoms with van der Waals surface area (Å²) in [5.74, 6) is 0. The highest BCUT2D eigenvalue weighted by Gasteiger charge is 1.93. The number of ether oxygens (including phenoxy) is 1. The Morgan fingerprint density at radius 1 is 1.44 bits per heavy atom. The summed E-state index contributed by atoms with van der Waals surface area (Å²) in [6.45, 7) is 4.60. The van der Waals surface area contributed by atoms with Crippen molar-refractivity contribution in [2.75, 3.05) is 26.8 Å². The molecular weight excluding hydrogens is 266 g/mol. The van der Waals surface area contributed by atoms with Gasteiger partial charge in [0.2, 0.25) is 0 Å². The van der Waals surface area contributed by atoms with Gasteiger partial charge < -0.3 is 10.1 Å². The predicted molar refractivity (Wildman–Crippen MR) is 72.7 cm³/mol. The second kappa shape index (κ2) is 7.60. The lowest BCUT2D eigenvalue weighted by atomic mass is 10.1. The van der Waals surface area contributed by atoms with E-state index in [0.717, 1.165) is 24.2 Å². The van der Waals surface area contributed by atoms with Gasteiger partial charge in [0, 0.05) is 24.7 Å². The summed E-state index contributed by atoms with van der Waals surface area (Å²) in [5.41, 5.74) is 2.47. The van der Waals surface area contributed by atoms with Gasteiger partial charge in [0.1, 0.15) is 0 Å². The minimum Gasteiger partial charge on any atom is -0.383 e. The van der Waals surface area contributed by atoms with Gasteiger partial charge in [-0.3, -0.25) is 0 Å². The number of benzene rings is 1. The Kier molecular flexibility index (Phi) is 6.38. The molecule has 1 aromatic rings. The molecule has 0 fully saturated rings. The Morgan fingerprint density at radius 3 is 2.94 bits per heavy atom. The van der Waals surface area contributed by atoms with Crippen molar-refractivity contribution in [1.82, 2.24) is 5.32 Å². The first kappa shape index (κ1) is 13.4. The van der Waals surface area contributed by atoms with Crippen LogP contribution in [-0.4, -0.2) is 26.8 Å². The van der Waals surface area contributed by atoms with E-state index in [1.54, 1.807) is 7.11 Å². The third kappa shape index (κ3) is 4.92. The highest BCUT2D eigenvalue weighted by molar-refractivity contribution is 9.10. The van der Waals surface area contributed by atoms with E-state index in [-0.39, 0.29) is 0 Å². The van der Waals surface area contributed by atoms with Crippen LogP contribution in [-0.2, 0) is 4.74 Å². The molecule has 0 aliphatic rings. The molecule has 0 radical (unpaired) electrons. The summed E-state index contributed by atoms with van der Waals surface area (Å²) in [5, 5.41) is 3.26. The summed E-state index contributed by atoms with van der Waals surface area (Å²) < 4.78 is 6.10. The third-order valence-electron chi connectivity index (χ3n) is 2.25. The van der Waals surface area contributed by atoms with Crippen molar-refractivity contribution in [2.45, 2.75) is 6.92 Å². The Bertz CT molecular complexity index is 350. The van der Waals surface area contributed by atoms with Crippen LogP contribution in [0.5, 0.6) is 0 Å². The maximum absolute atomic E-state index is 4.94. The lowest BCUT2D eigenvalue weighted by molar-refractivity contribution is 0.200. The van der Waals surface area contributed by atoms with Gasteiger partial charge in [-0.2, -0.15) is 0 Å². The summed E-state index contributed by atoms with van der Waals surface area (Å²) in [7, 11) is 1.71. The molecule has 0 saturated heterocycles. The molecule has 3 heteroatoms. The van der Waals surface area contributed by atoms with Gasteiger partial charge >= 0.3 is 0 Å². The minimum absolute atomic E-state index is 0.754. The summed E-state index contributed by atoms with van der Waals surface area (Å²) >= 11 is 3.52.